The summed E-state index contributed by atoms with van der Waals surface area (Å²) in [7, 11) is 0. The van der Waals surface area contributed by atoms with Crippen molar-refractivity contribution >= 4 is 22.9 Å². The monoisotopic (exact) mass is 173 g/mol. The highest BCUT2D eigenvalue weighted by molar-refractivity contribution is 7.08. The third-order valence-corrected chi connectivity index (χ3v) is 1.83. The Morgan fingerprint density at radius 2 is 2.55 bits per heavy atom. The van der Waals surface area contributed by atoms with E-state index in [9.17, 15) is 9.18 Å². The van der Waals surface area contributed by atoms with E-state index in [2.05, 4.69) is 5.32 Å². The molecule has 1 N–H and O–H groups in total. The lowest BCUT2D eigenvalue weighted by atomic mass is 10.4. The van der Waals surface area contributed by atoms with E-state index < -0.39 is 12.1 Å². The summed E-state index contributed by atoms with van der Waals surface area (Å²) in [6.45, 7) is 1.21. The van der Waals surface area contributed by atoms with Gasteiger partial charge in [-0.05, 0) is 18.4 Å². The maximum atomic E-state index is 12.3. The topological polar surface area (TPSA) is 29.1 Å². The SMILES string of the molecule is CC(F)C(=O)Nc1ccsc1. The lowest BCUT2D eigenvalue weighted by Gasteiger charge is -2.01. The largest absolute Gasteiger partial charge is 0.323 e. The number of halogens is 1. The van der Waals surface area contributed by atoms with Gasteiger partial charge in [-0.15, -0.1) is 0 Å². The maximum absolute atomic E-state index is 12.3. The molecule has 1 rings (SSSR count). The van der Waals surface area contributed by atoms with Gasteiger partial charge >= 0.3 is 0 Å². The molecule has 0 saturated heterocycles. The average molecular weight is 173 g/mol. The molecule has 1 aromatic heterocycles. The van der Waals surface area contributed by atoms with Crippen LogP contribution in [0.5, 0.6) is 0 Å². The highest BCUT2D eigenvalue weighted by Crippen LogP contribution is 2.12. The molecule has 0 bridgehead atoms. The van der Waals surface area contributed by atoms with Crippen LogP contribution in [-0.2, 0) is 4.79 Å². The second kappa shape index (κ2) is 3.48. The molecule has 1 atom stereocenters. The fraction of sp³-hybridized carbons (Fsp3) is 0.286. The number of carbonyl (C=O) groups excluding carboxylic acids is 1. The van der Waals surface area contributed by atoms with E-state index >= 15 is 0 Å². The van der Waals surface area contributed by atoms with Crippen molar-refractivity contribution in [3.05, 3.63) is 16.8 Å². The number of alkyl halides is 1. The zero-order valence-electron chi connectivity index (χ0n) is 6.00. The van der Waals surface area contributed by atoms with Gasteiger partial charge in [0.25, 0.3) is 5.91 Å². The van der Waals surface area contributed by atoms with Crippen LogP contribution in [0.1, 0.15) is 6.92 Å². The molecule has 4 heteroatoms. The molecule has 0 aliphatic rings. The Labute approximate surface area is 68.0 Å². The first kappa shape index (κ1) is 8.20. The van der Waals surface area contributed by atoms with Crippen molar-refractivity contribution in [3.8, 4) is 0 Å². The van der Waals surface area contributed by atoms with Crippen molar-refractivity contribution in [2.45, 2.75) is 13.1 Å². The highest BCUT2D eigenvalue weighted by Gasteiger charge is 2.09. The van der Waals surface area contributed by atoms with Crippen molar-refractivity contribution in [2.24, 2.45) is 0 Å². The van der Waals surface area contributed by atoms with Crippen LogP contribution in [-0.4, -0.2) is 12.1 Å². The van der Waals surface area contributed by atoms with Crippen LogP contribution in [0.4, 0.5) is 10.1 Å². The Morgan fingerprint density at radius 3 is 3.00 bits per heavy atom. The lowest BCUT2D eigenvalue weighted by Crippen LogP contribution is -2.20. The van der Waals surface area contributed by atoms with Gasteiger partial charge in [-0.3, -0.25) is 4.79 Å². The van der Waals surface area contributed by atoms with E-state index in [1.807, 2.05) is 5.38 Å². The van der Waals surface area contributed by atoms with E-state index in [0.717, 1.165) is 0 Å². The number of thiophene rings is 1. The standard InChI is InChI=1S/C7H8FNOS/c1-5(8)7(10)9-6-2-3-11-4-6/h2-5H,1H3,(H,9,10). The van der Waals surface area contributed by atoms with Crippen molar-refractivity contribution < 1.29 is 9.18 Å². The van der Waals surface area contributed by atoms with Gasteiger partial charge in [0.15, 0.2) is 6.17 Å². The molecular formula is C7H8FNOS. The van der Waals surface area contributed by atoms with E-state index in [1.54, 1.807) is 11.4 Å². The Hall–Kier alpha value is -0.900. The normalized spacial score (nSPS) is 12.5. The molecule has 0 radical (unpaired) electrons. The highest BCUT2D eigenvalue weighted by atomic mass is 32.1. The Balaban J connectivity index is 2.50. The second-order valence-corrected chi connectivity index (χ2v) is 2.90. The zero-order valence-corrected chi connectivity index (χ0v) is 6.82. The van der Waals surface area contributed by atoms with Crippen molar-refractivity contribution in [2.75, 3.05) is 5.32 Å². The molecule has 0 saturated carbocycles. The Kier molecular flexibility index (Phi) is 2.59. The predicted molar refractivity (Wildman–Crippen MR) is 43.5 cm³/mol. The Morgan fingerprint density at radius 1 is 1.82 bits per heavy atom. The lowest BCUT2D eigenvalue weighted by molar-refractivity contribution is -0.120. The van der Waals surface area contributed by atoms with Gasteiger partial charge in [0.2, 0.25) is 0 Å². The second-order valence-electron chi connectivity index (χ2n) is 2.12. The average Bonchev–Trinajstić information content (AvgIpc) is 2.39. The van der Waals surface area contributed by atoms with Gasteiger partial charge in [-0.25, -0.2) is 4.39 Å². The molecule has 0 fully saturated rings. The number of anilines is 1. The molecule has 1 unspecified atom stereocenters. The minimum atomic E-state index is -1.45. The van der Waals surface area contributed by atoms with Gasteiger partial charge in [-0.2, -0.15) is 11.3 Å². The first-order valence-corrected chi connectivity index (χ1v) is 4.11. The molecule has 11 heavy (non-hydrogen) atoms. The van der Waals surface area contributed by atoms with Gasteiger partial charge < -0.3 is 5.32 Å². The maximum Gasteiger partial charge on any atom is 0.258 e. The van der Waals surface area contributed by atoms with Crippen LogP contribution in [0.25, 0.3) is 0 Å². The van der Waals surface area contributed by atoms with Gasteiger partial charge in [-0.1, -0.05) is 0 Å². The number of nitrogens with one attached hydrogen (secondary N) is 1. The summed E-state index contributed by atoms with van der Waals surface area (Å²) in [6, 6.07) is 1.73. The van der Waals surface area contributed by atoms with Crippen molar-refractivity contribution in [1.29, 1.82) is 0 Å². The quantitative estimate of drug-likeness (QED) is 0.728. The molecule has 60 valence electrons. The first-order valence-electron chi connectivity index (χ1n) is 3.17. The van der Waals surface area contributed by atoms with Crippen LogP contribution in [0, 0.1) is 0 Å². The summed E-state index contributed by atoms with van der Waals surface area (Å²) in [5.74, 6) is -0.594. The van der Waals surface area contributed by atoms with Crippen LogP contribution in [0.15, 0.2) is 16.8 Å². The van der Waals surface area contributed by atoms with E-state index in [0.29, 0.717) is 5.69 Å². The first-order chi connectivity index (χ1) is 5.20. The molecule has 0 aliphatic carbocycles. The van der Waals surface area contributed by atoms with Crippen LogP contribution < -0.4 is 5.32 Å². The fourth-order valence-electron chi connectivity index (χ4n) is 0.577. The van der Waals surface area contributed by atoms with Gasteiger partial charge in [0, 0.05) is 5.38 Å². The summed E-state index contributed by atoms with van der Waals surface area (Å²) in [6.07, 6.45) is -1.45. The molecule has 0 spiro atoms. The van der Waals surface area contributed by atoms with Crippen LogP contribution in [0.3, 0.4) is 0 Å². The van der Waals surface area contributed by atoms with E-state index in [1.165, 1.54) is 18.3 Å². The van der Waals surface area contributed by atoms with Gasteiger partial charge in [0.05, 0.1) is 5.69 Å². The van der Waals surface area contributed by atoms with Crippen LogP contribution >= 0.6 is 11.3 Å². The van der Waals surface area contributed by atoms with Crippen molar-refractivity contribution in [1.82, 2.24) is 0 Å². The summed E-state index contributed by atoms with van der Waals surface area (Å²) in [4.78, 5) is 10.7. The number of carbonyl (C=O) groups is 1. The third kappa shape index (κ3) is 2.31. The number of hydrogen-bond donors (Lipinski definition) is 1. The summed E-state index contributed by atoms with van der Waals surface area (Å²) >= 11 is 1.46. The molecule has 0 aromatic carbocycles. The smallest absolute Gasteiger partial charge is 0.258 e. The molecular weight excluding hydrogens is 165 g/mol. The molecule has 1 aromatic rings. The summed E-state index contributed by atoms with van der Waals surface area (Å²) in [5, 5.41) is 5.99. The number of amides is 1. The third-order valence-electron chi connectivity index (χ3n) is 1.15. The number of hydrogen-bond acceptors (Lipinski definition) is 2. The van der Waals surface area contributed by atoms with E-state index in [4.69, 9.17) is 0 Å². The molecule has 0 aliphatic heterocycles. The zero-order chi connectivity index (χ0) is 8.27. The predicted octanol–water partition coefficient (Wildman–Crippen LogP) is 2.04. The molecule has 1 amide bonds. The van der Waals surface area contributed by atoms with Gasteiger partial charge in [0.1, 0.15) is 0 Å². The molecule has 2 nitrogen and oxygen atoms in total. The minimum Gasteiger partial charge on any atom is -0.323 e. The summed E-state index contributed by atoms with van der Waals surface area (Å²) in [5.41, 5.74) is 0.657. The van der Waals surface area contributed by atoms with E-state index in [-0.39, 0.29) is 0 Å². The molecule has 1 heterocycles. The number of rotatable bonds is 2. The van der Waals surface area contributed by atoms with Crippen molar-refractivity contribution in [3.63, 3.8) is 0 Å². The summed E-state index contributed by atoms with van der Waals surface area (Å²) < 4.78 is 12.3. The Bertz CT molecular complexity index is 233. The minimum absolute atomic E-state index is 0.594. The fourth-order valence-corrected chi connectivity index (χ4v) is 1.17. The van der Waals surface area contributed by atoms with Crippen LogP contribution in [0.2, 0.25) is 0 Å².